The Balaban J connectivity index is -0.00000786. The van der Waals surface area contributed by atoms with Crippen molar-refractivity contribution in [3.63, 3.8) is 0 Å². The monoisotopic (exact) mass is 852 g/mol. The average molecular weight is 852 g/mol. The molecule has 7 heteroatoms. The summed E-state index contributed by atoms with van der Waals surface area (Å²) in [4.78, 5) is 39.7. The molecule has 7 nitrogen and oxygen atoms in total. The molecule has 0 radical (unpaired) electrons. The van der Waals surface area contributed by atoms with Crippen molar-refractivity contribution in [3.8, 4) is 0 Å². The van der Waals surface area contributed by atoms with Gasteiger partial charge in [0.15, 0.2) is 0 Å². The second-order valence-electron chi connectivity index (χ2n) is 18.2. The first-order valence-electron chi connectivity index (χ1n) is 26.6. The van der Waals surface area contributed by atoms with Crippen LogP contribution in [0.3, 0.4) is 0 Å². The maximum absolute atomic E-state index is 13.0. The Morgan fingerprint density at radius 3 is 1.05 bits per heavy atom. The number of ether oxygens (including phenoxy) is 1. The highest BCUT2D eigenvalue weighted by Gasteiger charge is 2.21. The third-order valence-electron chi connectivity index (χ3n) is 11.4. The van der Waals surface area contributed by atoms with Crippen molar-refractivity contribution in [2.45, 2.75) is 287 Å². The van der Waals surface area contributed by atoms with Crippen LogP contribution in [-0.4, -0.2) is 54.6 Å². The van der Waals surface area contributed by atoms with Crippen LogP contribution in [0.25, 0.3) is 0 Å². The zero-order chi connectivity index (χ0) is 45.5. The molecule has 0 spiro atoms. The van der Waals surface area contributed by atoms with E-state index < -0.39 is 5.60 Å². The summed E-state index contributed by atoms with van der Waals surface area (Å²) in [5.74, 6) is 2.04. The van der Waals surface area contributed by atoms with E-state index in [-0.39, 0.29) is 17.9 Å². The lowest BCUT2D eigenvalue weighted by Crippen LogP contribution is -2.38. The molecule has 0 atom stereocenters. The van der Waals surface area contributed by atoms with Crippen LogP contribution in [0.1, 0.15) is 282 Å². The molecular weight excluding hydrogens is 743 g/mol. The van der Waals surface area contributed by atoms with E-state index in [1.807, 2.05) is 53.4 Å². The van der Waals surface area contributed by atoms with Crippen LogP contribution < -0.4 is 10.6 Å². The van der Waals surface area contributed by atoms with Gasteiger partial charge < -0.3 is 20.3 Å². The molecule has 0 aromatic rings. The lowest BCUT2D eigenvalue weighted by atomic mass is 9.91. The van der Waals surface area contributed by atoms with E-state index in [0.29, 0.717) is 25.9 Å². The summed E-state index contributed by atoms with van der Waals surface area (Å²) in [6, 6.07) is 0. The maximum Gasteiger partial charge on any atom is 0.410 e. The molecule has 0 unspecified atom stereocenters. The van der Waals surface area contributed by atoms with Crippen LogP contribution in [0.4, 0.5) is 4.79 Å². The van der Waals surface area contributed by atoms with Gasteiger partial charge >= 0.3 is 6.09 Å². The second-order valence-corrected chi connectivity index (χ2v) is 18.2. The van der Waals surface area contributed by atoms with Crippen LogP contribution in [0.2, 0.25) is 0 Å². The Kier molecular flexibility index (Phi) is 50.3. The Labute approximate surface area is 376 Å². The molecule has 0 aromatic heterocycles. The Hall–Kier alpha value is -1.79. The molecule has 360 valence electrons. The van der Waals surface area contributed by atoms with E-state index in [1.165, 1.54) is 116 Å². The molecule has 0 aliphatic carbocycles. The van der Waals surface area contributed by atoms with Gasteiger partial charge in [-0.25, -0.2) is 4.79 Å². The highest BCUT2D eigenvalue weighted by molar-refractivity contribution is 5.76. The summed E-state index contributed by atoms with van der Waals surface area (Å²) in [6.45, 7) is 25.9. The van der Waals surface area contributed by atoms with Crippen LogP contribution in [0, 0.1) is 11.8 Å². The summed E-state index contributed by atoms with van der Waals surface area (Å²) < 4.78 is 5.74. The summed E-state index contributed by atoms with van der Waals surface area (Å²) in [7, 11) is 0. The first-order chi connectivity index (χ1) is 29.1. The van der Waals surface area contributed by atoms with Gasteiger partial charge in [-0.15, -0.1) is 0 Å². The standard InChI is InChI=1S/C49H97N3O4.2C2H6/c1-8-12-22-32-44(33-23-13-9-2)36-30-40-50-46(53)38-26-18-16-20-28-42-52(48(55)56-49(5,6)7)43-29-21-17-19-27-39-47(54)51-41-31-37-45(34-24-14-10-3)35-25-15-11-4;2*1-2/h44-45H,8-43H2,1-7H3,(H,50,53)(H,51,54);2*1-2H3. The molecule has 0 aliphatic heterocycles. The van der Waals surface area contributed by atoms with E-state index >= 15 is 0 Å². The van der Waals surface area contributed by atoms with Crippen molar-refractivity contribution in [1.82, 2.24) is 15.5 Å². The molecular formula is C53H109N3O4. The first kappa shape index (κ1) is 62.5. The van der Waals surface area contributed by atoms with Gasteiger partial charge in [-0.2, -0.15) is 0 Å². The fraction of sp³-hybridized carbons (Fsp3) is 0.943. The third-order valence-corrected chi connectivity index (χ3v) is 11.4. The van der Waals surface area contributed by atoms with E-state index in [0.717, 1.165) is 102 Å². The van der Waals surface area contributed by atoms with Gasteiger partial charge in [0, 0.05) is 39.0 Å². The van der Waals surface area contributed by atoms with Crippen molar-refractivity contribution < 1.29 is 19.1 Å². The first-order valence-corrected chi connectivity index (χ1v) is 26.6. The largest absolute Gasteiger partial charge is 0.444 e. The molecule has 0 bridgehead atoms. The predicted octanol–water partition coefficient (Wildman–Crippen LogP) is 16.3. The highest BCUT2D eigenvalue weighted by atomic mass is 16.6. The average Bonchev–Trinajstić information content (AvgIpc) is 3.23. The van der Waals surface area contributed by atoms with Gasteiger partial charge in [0.2, 0.25) is 11.8 Å². The number of rotatable bonds is 40. The molecule has 0 rings (SSSR count). The Morgan fingerprint density at radius 1 is 0.433 bits per heavy atom. The SMILES string of the molecule is CC.CC.CCCCCC(CCCCC)CCCNC(=O)CCCCCCCN(CCCCCCCC(=O)NCCCC(CCCCC)CCCCC)C(=O)OC(C)(C)C. The topological polar surface area (TPSA) is 87.7 Å². The number of amides is 3. The lowest BCUT2D eigenvalue weighted by Gasteiger charge is -2.27. The fourth-order valence-corrected chi connectivity index (χ4v) is 7.87. The molecule has 0 saturated heterocycles. The number of unbranched alkanes of at least 4 members (excludes halogenated alkanes) is 16. The molecule has 60 heavy (non-hydrogen) atoms. The minimum atomic E-state index is -0.508. The van der Waals surface area contributed by atoms with Crippen LogP contribution in [-0.2, 0) is 14.3 Å². The number of hydrogen-bond donors (Lipinski definition) is 2. The van der Waals surface area contributed by atoms with Gasteiger partial charge in [0.1, 0.15) is 5.60 Å². The van der Waals surface area contributed by atoms with Crippen molar-refractivity contribution in [2.24, 2.45) is 11.8 Å². The minimum absolute atomic E-state index is 0.197. The van der Waals surface area contributed by atoms with Gasteiger partial charge in [-0.05, 0) is 84.0 Å². The number of hydrogen-bond acceptors (Lipinski definition) is 4. The fourth-order valence-electron chi connectivity index (χ4n) is 7.87. The van der Waals surface area contributed by atoms with E-state index in [2.05, 4.69) is 38.3 Å². The zero-order valence-corrected chi connectivity index (χ0v) is 42.7. The van der Waals surface area contributed by atoms with Gasteiger partial charge in [-0.1, -0.05) is 197 Å². The lowest BCUT2D eigenvalue weighted by molar-refractivity contribution is -0.122. The summed E-state index contributed by atoms with van der Waals surface area (Å²) in [5, 5.41) is 6.34. The third kappa shape index (κ3) is 45.7. The van der Waals surface area contributed by atoms with Crippen molar-refractivity contribution >= 4 is 17.9 Å². The van der Waals surface area contributed by atoms with E-state index in [1.54, 1.807) is 0 Å². The van der Waals surface area contributed by atoms with Gasteiger partial charge in [0.05, 0.1) is 0 Å². The molecule has 3 amide bonds. The number of carbonyl (C=O) groups is 3. The van der Waals surface area contributed by atoms with E-state index in [4.69, 9.17) is 4.74 Å². The molecule has 0 aromatic carbocycles. The Morgan fingerprint density at radius 2 is 0.733 bits per heavy atom. The molecule has 0 aliphatic rings. The smallest absolute Gasteiger partial charge is 0.410 e. The Bertz CT molecular complexity index is 827. The van der Waals surface area contributed by atoms with Crippen LogP contribution in [0.5, 0.6) is 0 Å². The number of nitrogens with zero attached hydrogens (tertiary/aromatic N) is 1. The molecule has 0 saturated carbocycles. The summed E-state index contributed by atoms with van der Waals surface area (Å²) >= 11 is 0. The number of carbonyl (C=O) groups excluding carboxylic acids is 3. The van der Waals surface area contributed by atoms with Crippen molar-refractivity contribution in [3.05, 3.63) is 0 Å². The van der Waals surface area contributed by atoms with Crippen LogP contribution >= 0.6 is 0 Å². The predicted molar refractivity (Wildman–Crippen MR) is 264 cm³/mol. The zero-order valence-electron chi connectivity index (χ0n) is 42.7. The van der Waals surface area contributed by atoms with Gasteiger partial charge in [-0.3, -0.25) is 9.59 Å². The van der Waals surface area contributed by atoms with Crippen molar-refractivity contribution in [1.29, 1.82) is 0 Å². The molecule has 2 N–H and O–H groups in total. The molecule has 0 heterocycles. The maximum atomic E-state index is 13.0. The normalized spacial score (nSPS) is 11.2. The highest BCUT2D eigenvalue weighted by Crippen LogP contribution is 2.23. The van der Waals surface area contributed by atoms with E-state index in [9.17, 15) is 14.4 Å². The van der Waals surface area contributed by atoms with Crippen molar-refractivity contribution in [2.75, 3.05) is 26.2 Å². The second kappa shape index (κ2) is 48.2. The minimum Gasteiger partial charge on any atom is -0.444 e. The van der Waals surface area contributed by atoms with Gasteiger partial charge in [0.25, 0.3) is 0 Å². The molecule has 0 fully saturated rings. The number of nitrogens with one attached hydrogen (secondary N) is 2. The summed E-state index contributed by atoms with van der Waals surface area (Å²) in [5.41, 5.74) is -0.508. The summed E-state index contributed by atoms with van der Waals surface area (Å²) in [6.07, 6.45) is 37.1. The quantitative estimate of drug-likeness (QED) is 0.0601. The van der Waals surface area contributed by atoms with Crippen LogP contribution in [0.15, 0.2) is 0 Å².